The van der Waals surface area contributed by atoms with Gasteiger partial charge in [-0.15, -0.1) is 0 Å². The van der Waals surface area contributed by atoms with Gasteiger partial charge in [0, 0.05) is 0 Å². The summed E-state index contributed by atoms with van der Waals surface area (Å²) in [5, 5.41) is 0. The van der Waals surface area contributed by atoms with Crippen LogP contribution in [-0.4, -0.2) is 23.8 Å². The van der Waals surface area contributed by atoms with Crippen LogP contribution in [0.4, 0.5) is 0 Å². The van der Waals surface area contributed by atoms with Gasteiger partial charge in [0.15, 0.2) is 5.60 Å². The van der Waals surface area contributed by atoms with E-state index in [1.165, 1.54) is 0 Å². The largest absolute Gasteiger partial charge is 0.464 e. The van der Waals surface area contributed by atoms with Crippen LogP contribution in [-0.2, 0) is 14.3 Å². The Morgan fingerprint density at radius 2 is 2.13 bits per heavy atom. The summed E-state index contributed by atoms with van der Waals surface area (Å²) in [6.07, 6.45) is 3.81. The molecular weight excluding hydrogens is 192 g/mol. The summed E-state index contributed by atoms with van der Waals surface area (Å²) in [7, 11) is 0. The summed E-state index contributed by atoms with van der Waals surface area (Å²) in [5.41, 5.74) is -0.723. The molecule has 1 heterocycles. The monoisotopic (exact) mass is 212 g/mol. The summed E-state index contributed by atoms with van der Waals surface area (Å²) in [6.45, 7) is 6.57. The first-order chi connectivity index (χ1) is 7.10. The Morgan fingerprint density at radius 3 is 2.60 bits per heavy atom. The van der Waals surface area contributed by atoms with Gasteiger partial charge in [-0.25, -0.2) is 4.79 Å². The first-order valence-corrected chi connectivity index (χ1v) is 5.97. The van der Waals surface area contributed by atoms with Crippen LogP contribution in [0.5, 0.6) is 0 Å². The normalized spacial score (nSPS) is 42.5. The van der Waals surface area contributed by atoms with Gasteiger partial charge in [-0.3, -0.25) is 0 Å². The van der Waals surface area contributed by atoms with Crippen LogP contribution in [0.15, 0.2) is 0 Å². The predicted molar refractivity (Wildman–Crippen MR) is 56.5 cm³/mol. The number of carbonyl (C=O) groups is 1. The van der Waals surface area contributed by atoms with Crippen LogP contribution in [0.3, 0.4) is 0 Å². The number of carbonyl (C=O) groups excluding carboxylic acids is 1. The highest BCUT2D eigenvalue weighted by molar-refractivity contribution is 5.85. The standard InChI is InChI=1S/C12H20O3/c1-4-6-12(10(13)14-5-2)11(15-12)7-9(3)8-11/h9H,4-8H2,1-3H3. The Morgan fingerprint density at radius 1 is 1.47 bits per heavy atom. The molecule has 1 saturated heterocycles. The van der Waals surface area contributed by atoms with Gasteiger partial charge in [-0.2, -0.15) is 0 Å². The highest BCUT2D eigenvalue weighted by atomic mass is 16.7. The minimum Gasteiger partial charge on any atom is -0.464 e. The molecule has 0 bridgehead atoms. The molecule has 15 heavy (non-hydrogen) atoms. The Labute approximate surface area is 91.1 Å². The van der Waals surface area contributed by atoms with Gasteiger partial charge < -0.3 is 9.47 Å². The Hall–Kier alpha value is -0.570. The Balaban J connectivity index is 2.05. The first kappa shape index (κ1) is 10.9. The number of esters is 1. The number of ether oxygens (including phenoxy) is 2. The molecule has 1 saturated carbocycles. The molecule has 1 spiro atoms. The van der Waals surface area contributed by atoms with Gasteiger partial charge in [0.05, 0.1) is 6.61 Å². The fourth-order valence-corrected chi connectivity index (χ4v) is 3.00. The summed E-state index contributed by atoms with van der Waals surface area (Å²) in [5.74, 6) is 0.553. The van der Waals surface area contributed by atoms with Crippen molar-refractivity contribution in [2.75, 3.05) is 6.61 Å². The predicted octanol–water partition coefficient (Wildman–Crippen LogP) is 2.29. The molecule has 2 rings (SSSR count). The number of hydrogen-bond donors (Lipinski definition) is 0. The molecule has 3 heteroatoms. The maximum Gasteiger partial charge on any atom is 0.341 e. The summed E-state index contributed by atoms with van der Waals surface area (Å²) in [6, 6.07) is 0. The van der Waals surface area contributed by atoms with Crippen LogP contribution in [0.25, 0.3) is 0 Å². The smallest absolute Gasteiger partial charge is 0.341 e. The van der Waals surface area contributed by atoms with Crippen molar-refractivity contribution in [3.8, 4) is 0 Å². The van der Waals surface area contributed by atoms with E-state index in [1.807, 2.05) is 6.92 Å². The van der Waals surface area contributed by atoms with Crippen molar-refractivity contribution in [3.05, 3.63) is 0 Å². The van der Waals surface area contributed by atoms with Crippen LogP contribution < -0.4 is 0 Å². The van der Waals surface area contributed by atoms with Crippen molar-refractivity contribution in [3.63, 3.8) is 0 Å². The molecule has 0 amide bonds. The first-order valence-electron chi connectivity index (χ1n) is 5.97. The van der Waals surface area contributed by atoms with E-state index in [4.69, 9.17) is 9.47 Å². The second-order valence-corrected chi connectivity index (χ2v) is 4.91. The third kappa shape index (κ3) is 1.40. The molecule has 0 aromatic rings. The van der Waals surface area contributed by atoms with Gasteiger partial charge in [-0.1, -0.05) is 20.3 Å². The maximum absolute atomic E-state index is 11.9. The lowest BCUT2D eigenvalue weighted by Gasteiger charge is -2.32. The second-order valence-electron chi connectivity index (χ2n) is 4.91. The zero-order valence-electron chi connectivity index (χ0n) is 9.84. The van der Waals surface area contributed by atoms with E-state index in [0.717, 1.165) is 25.7 Å². The van der Waals surface area contributed by atoms with Gasteiger partial charge in [0.2, 0.25) is 0 Å². The lowest BCUT2D eigenvalue weighted by atomic mass is 9.68. The van der Waals surface area contributed by atoms with E-state index < -0.39 is 5.60 Å². The lowest BCUT2D eigenvalue weighted by molar-refractivity contribution is -0.150. The third-order valence-electron chi connectivity index (χ3n) is 3.63. The van der Waals surface area contributed by atoms with Crippen molar-refractivity contribution in [2.24, 2.45) is 5.92 Å². The van der Waals surface area contributed by atoms with Crippen LogP contribution in [0.1, 0.15) is 46.5 Å². The molecule has 3 nitrogen and oxygen atoms in total. The van der Waals surface area contributed by atoms with E-state index in [-0.39, 0.29) is 11.6 Å². The molecule has 1 aliphatic carbocycles. The van der Waals surface area contributed by atoms with Crippen molar-refractivity contribution >= 4 is 5.97 Å². The fourth-order valence-electron chi connectivity index (χ4n) is 3.00. The van der Waals surface area contributed by atoms with E-state index in [0.29, 0.717) is 12.5 Å². The average Bonchev–Trinajstić information content (AvgIpc) is 2.76. The molecule has 0 aromatic heterocycles. The van der Waals surface area contributed by atoms with Crippen molar-refractivity contribution in [1.29, 1.82) is 0 Å². The highest BCUT2D eigenvalue weighted by Gasteiger charge is 2.78. The highest BCUT2D eigenvalue weighted by Crippen LogP contribution is 2.64. The Bertz CT molecular complexity index is 268. The number of hydrogen-bond acceptors (Lipinski definition) is 3. The fraction of sp³-hybridized carbons (Fsp3) is 0.917. The second kappa shape index (κ2) is 3.48. The topological polar surface area (TPSA) is 38.8 Å². The van der Waals surface area contributed by atoms with Crippen LogP contribution in [0, 0.1) is 5.92 Å². The molecule has 0 N–H and O–H groups in total. The van der Waals surface area contributed by atoms with E-state index in [9.17, 15) is 4.79 Å². The van der Waals surface area contributed by atoms with Crippen molar-refractivity contribution in [2.45, 2.75) is 57.7 Å². The molecule has 1 unspecified atom stereocenters. The number of epoxide rings is 1. The zero-order chi connectivity index (χ0) is 11.1. The van der Waals surface area contributed by atoms with E-state index >= 15 is 0 Å². The molecule has 86 valence electrons. The maximum atomic E-state index is 11.9. The summed E-state index contributed by atoms with van der Waals surface area (Å²) < 4.78 is 10.9. The average molecular weight is 212 g/mol. The quantitative estimate of drug-likeness (QED) is 0.530. The minimum atomic E-state index is -0.579. The zero-order valence-corrected chi connectivity index (χ0v) is 9.84. The molecule has 2 aliphatic rings. The summed E-state index contributed by atoms with van der Waals surface area (Å²) in [4.78, 5) is 11.9. The van der Waals surface area contributed by atoms with Crippen molar-refractivity contribution < 1.29 is 14.3 Å². The Kier molecular flexibility index (Phi) is 2.53. The van der Waals surface area contributed by atoms with Crippen LogP contribution in [0.2, 0.25) is 0 Å². The van der Waals surface area contributed by atoms with Crippen molar-refractivity contribution in [1.82, 2.24) is 0 Å². The molecule has 1 aliphatic heterocycles. The van der Waals surface area contributed by atoms with E-state index in [2.05, 4.69) is 13.8 Å². The van der Waals surface area contributed by atoms with Gasteiger partial charge in [0.1, 0.15) is 5.60 Å². The van der Waals surface area contributed by atoms with Crippen LogP contribution >= 0.6 is 0 Å². The number of rotatable bonds is 4. The molecule has 0 radical (unpaired) electrons. The molecule has 2 fully saturated rings. The third-order valence-corrected chi connectivity index (χ3v) is 3.63. The lowest BCUT2D eigenvalue weighted by Crippen LogP contribution is -2.43. The molecular formula is C12H20O3. The SMILES string of the molecule is CCCC1(C(=O)OCC)OC12CC(C)C2. The van der Waals surface area contributed by atoms with E-state index in [1.54, 1.807) is 0 Å². The minimum absolute atomic E-state index is 0.140. The molecule has 1 atom stereocenters. The van der Waals surface area contributed by atoms with Gasteiger partial charge >= 0.3 is 5.97 Å². The van der Waals surface area contributed by atoms with Gasteiger partial charge in [0.25, 0.3) is 0 Å². The van der Waals surface area contributed by atoms with Gasteiger partial charge in [-0.05, 0) is 32.1 Å². The molecule has 0 aromatic carbocycles. The summed E-state index contributed by atoms with van der Waals surface area (Å²) >= 11 is 0.